The van der Waals surface area contributed by atoms with E-state index in [9.17, 15) is 33.6 Å². The Morgan fingerprint density at radius 2 is 0.843 bits per heavy atom. The van der Waals surface area contributed by atoms with Gasteiger partial charge in [-0.15, -0.1) is 0 Å². The topological polar surface area (TPSA) is 348 Å². The first-order valence-corrected chi connectivity index (χ1v) is 38.6. The van der Waals surface area contributed by atoms with E-state index in [2.05, 4.69) is 145 Å². The second kappa shape index (κ2) is 55.0. The van der Waals surface area contributed by atoms with Crippen LogP contribution in [0.2, 0.25) is 0 Å². The van der Waals surface area contributed by atoms with Gasteiger partial charge in [-0.3, -0.25) is 29.0 Å². The molecule has 7 aromatic carbocycles. The normalized spacial score (nSPS) is 16.9. The number of rotatable bonds is 22. The number of nitrogens with zero attached hydrogens (tertiary/aromatic N) is 4. The molecule has 0 atom stereocenters. The van der Waals surface area contributed by atoms with E-state index in [0.29, 0.717) is 109 Å². The van der Waals surface area contributed by atoms with Crippen molar-refractivity contribution in [1.82, 2.24) is 31.5 Å². The van der Waals surface area contributed by atoms with Crippen LogP contribution in [0.3, 0.4) is 0 Å². The van der Waals surface area contributed by atoms with Gasteiger partial charge in [0.1, 0.15) is 28.8 Å². The number of carbonyl (C=O) groups excluding carboxylic acids is 7. The van der Waals surface area contributed by atoms with Crippen LogP contribution in [0, 0.1) is 11.5 Å². The van der Waals surface area contributed by atoms with Crippen LogP contribution in [0.15, 0.2) is 204 Å². The molecule has 3 radical (unpaired) electrons. The molecule has 9 N–H and O–H groups in total. The van der Waals surface area contributed by atoms with Gasteiger partial charge < -0.3 is 69.3 Å². The number of aliphatic imine (C=N–C) groups is 2. The molecule has 3 aliphatic rings. The number of nitrogens with two attached hydrogens (primary N) is 2. The number of guanidine groups is 1. The van der Waals surface area contributed by atoms with E-state index < -0.39 is 17.9 Å². The number of hydrogen-bond acceptors (Lipinski definition) is 19. The maximum Gasteiger partial charge on any atom is 1.00 e. The minimum atomic E-state index is -0.639. The van der Waals surface area contributed by atoms with E-state index >= 15 is 0 Å². The monoisotopic (exact) mass is 1580 g/mol. The Labute approximate surface area is 702 Å². The molecular formula is C88H116BN11NaO14. The molecule has 0 heterocycles. The van der Waals surface area contributed by atoms with Crippen LogP contribution in [-0.2, 0) is 49.9 Å². The third-order valence-electron chi connectivity index (χ3n) is 19.3. The Morgan fingerprint density at radius 3 is 1.16 bits per heavy atom. The van der Waals surface area contributed by atoms with Crippen LogP contribution >= 0.6 is 0 Å². The molecule has 3 amide bonds. The summed E-state index contributed by atoms with van der Waals surface area (Å²) in [4.78, 5) is 97.6. The maximum atomic E-state index is 13.0. The standard InChI is InChI=1S/C26H36N4O2.C23H30N2O2.C21H23NO3.C10H11N3O.C4H6O4.C2H3BO2.C2H7N.Na/c1-4-28-25(27)30(5-2)21-15-17-26(18-16-21,20-11-7-6-8-12-20)19-29-24(31)22-13-9-10-14-23(22)32-3;1-3-24-19-13-15-23(16-14-19,18-9-5-4-6-10-18)17-25-22(26)20-11-7-8-12-21(20)27-2;1-25-19-10-6-5-9-18(19)20(24)22-15-21(13-11-17(23)12-14-21)16-7-3-2-4-8-16;1-2-12-10(13-8-11)14-9-6-4-3-5-7-9;1-3(5)7-8-4(2)6;1-2(4)5-3;1-2-3;/h6-14,21H,4-5,15-19H2,1-3H3,(H2,27,28)(H,29,31);4-12,19,24H,3,13-17H2,1-2H3,(H,25,26);2-10H,11-15H2,1H3,(H,22,24);3-7H,2H2,1H3,(H,12,13);1-2H3;1H3;2-3H2,1H3;/q;;;;;-1;;+1. The molecule has 611 valence electrons. The Hall–Kier alpha value is -10.6. The summed E-state index contributed by atoms with van der Waals surface area (Å²) in [6.45, 7) is 19.2. The maximum absolute atomic E-state index is 13.0. The number of methoxy groups -OCH3 is 3. The minimum Gasteiger partial charge on any atom is -0.793 e. The summed E-state index contributed by atoms with van der Waals surface area (Å²) in [5.74, 6) is 1.29. The molecule has 25 nitrogen and oxygen atoms in total. The molecule has 0 unspecified atom stereocenters. The number of ether oxygens (including phenoxy) is 4. The fraction of sp³-hybridized carbons (Fsp3) is 0.409. The van der Waals surface area contributed by atoms with Crippen molar-refractivity contribution in [2.45, 2.75) is 161 Å². The summed E-state index contributed by atoms with van der Waals surface area (Å²) in [5.41, 5.74) is 16.2. The molecule has 10 rings (SSSR count). The van der Waals surface area contributed by atoms with E-state index in [0.717, 1.165) is 97.7 Å². The van der Waals surface area contributed by atoms with E-state index in [1.165, 1.54) is 23.6 Å². The quantitative estimate of drug-likeness (QED) is 0.00631. The van der Waals surface area contributed by atoms with Crippen molar-refractivity contribution >= 4 is 61.4 Å². The van der Waals surface area contributed by atoms with Crippen molar-refractivity contribution in [1.29, 1.82) is 5.26 Å². The predicted octanol–water partition coefficient (Wildman–Crippen LogP) is 9.52. The van der Waals surface area contributed by atoms with E-state index in [1.54, 1.807) is 57.9 Å². The third kappa shape index (κ3) is 33.8. The first-order valence-electron chi connectivity index (χ1n) is 38.6. The summed E-state index contributed by atoms with van der Waals surface area (Å²) in [6.07, 6.45) is 12.8. The van der Waals surface area contributed by atoms with Gasteiger partial charge in [-0.25, -0.2) is 29.7 Å². The van der Waals surface area contributed by atoms with Gasteiger partial charge in [0.2, 0.25) is 5.97 Å². The second-order valence-corrected chi connectivity index (χ2v) is 26.9. The Balaban J connectivity index is 0.000000380. The Morgan fingerprint density at radius 1 is 0.513 bits per heavy atom. The van der Waals surface area contributed by atoms with E-state index in [4.69, 9.17) is 35.7 Å². The third-order valence-corrected chi connectivity index (χ3v) is 19.3. The van der Waals surface area contributed by atoms with Crippen LogP contribution in [0.25, 0.3) is 0 Å². The summed E-state index contributed by atoms with van der Waals surface area (Å²) >= 11 is 0. The zero-order chi connectivity index (χ0) is 83.6. The number of amidine groups is 1. The average molecular weight is 1590 g/mol. The molecule has 27 heteroatoms. The zero-order valence-electron chi connectivity index (χ0n) is 69.0. The molecular weight excluding hydrogens is 1470 g/mol. The number of amides is 3. The van der Waals surface area contributed by atoms with Gasteiger partial charge in [0, 0.05) is 101 Å². The zero-order valence-corrected chi connectivity index (χ0v) is 71.0. The molecule has 115 heavy (non-hydrogen) atoms. The molecule has 0 saturated heterocycles. The Bertz CT molecular complexity index is 4100. The van der Waals surface area contributed by atoms with E-state index in [-0.39, 0.29) is 69.5 Å². The summed E-state index contributed by atoms with van der Waals surface area (Å²) in [6, 6.07) is 63.7. The Kier molecular flexibility index (Phi) is 47.2. The fourth-order valence-electron chi connectivity index (χ4n) is 13.6. The fourth-order valence-corrected chi connectivity index (χ4v) is 13.6. The molecule has 0 spiro atoms. The van der Waals surface area contributed by atoms with Crippen molar-refractivity contribution in [3.8, 4) is 29.2 Å². The average Bonchev–Trinajstić information content (AvgIpc) is 0.795. The SMILES string of the molecule is CC(=O)OOC(C)=O.CCN.CCN=C(N)N(CC)C1CCC(CNC(=O)c2ccccc2OC)(c2ccccc2)CC1.CCN=C(NC#N)Oc1ccccc1.CCNC1CCC(CNC(=O)c2ccccc2OC)(c2ccccc2)CC1.COc1ccccc1C(=O)NCC1(c2ccccc2)CCC(=O)CC1.[B-]OC(C)=O.[Na+]. The number of nitrogens with one attached hydrogen (secondary N) is 5. The van der Waals surface area contributed by atoms with Gasteiger partial charge in [-0.05, 0) is 163 Å². The molecule has 3 aliphatic carbocycles. The van der Waals surface area contributed by atoms with Crippen LogP contribution in [0.1, 0.15) is 180 Å². The summed E-state index contributed by atoms with van der Waals surface area (Å²) < 4.78 is 24.9. The van der Waals surface area contributed by atoms with E-state index in [1.807, 2.05) is 118 Å². The molecule has 0 aromatic heterocycles. The van der Waals surface area contributed by atoms with Gasteiger partial charge in [0.05, 0.1) is 38.0 Å². The first kappa shape index (κ1) is 98.6. The van der Waals surface area contributed by atoms with Gasteiger partial charge in [-0.2, -0.15) is 5.26 Å². The van der Waals surface area contributed by atoms with Crippen LogP contribution in [0.5, 0.6) is 23.0 Å². The van der Waals surface area contributed by atoms with Crippen molar-refractivity contribution in [3.63, 3.8) is 0 Å². The summed E-state index contributed by atoms with van der Waals surface area (Å²) in [5, 5.41) is 23.8. The number of Topliss-reactive ketones (excluding diaryl/α,β-unsaturated/α-hetero) is 1. The predicted molar refractivity (Wildman–Crippen MR) is 446 cm³/mol. The van der Waals surface area contributed by atoms with Crippen LogP contribution in [0.4, 0.5) is 0 Å². The molecule has 3 fully saturated rings. The van der Waals surface area contributed by atoms with Crippen LogP contribution in [-0.4, -0.2) is 152 Å². The smallest absolute Gasteiger partial charge is 0.793 e. The van der Waals surface area contributed by atoms with Crippen molar-refractivity contribution in [2.24, 2.45) is 21.5 Å². The summed E-state index contributed by atoms with van der Waals surface area (Å²) in [7, 11) is 9.07. The van der Waals surface area contributed by atoms with Gasteiger partial charge in [-0.1, -0.05) is 159 Å². The molecule has 0 aliphatic heterocycles. The minimum absolute atomic E-state index is 0. The number of nitriles is 1. The molecule has 3 saturated carbocycles. The molecule has 0 bridgehead atoms. The van der Waals surface area contributed by atoms with Crippen molar-refractivity contribution < 1.29 is 96.5 Å². The molecule has 7 aromatic rings. The number of hydrogen-bond donors (Lipinski definition) is 7. The number of ketones is 1. The van der Waals surface area contributed by atoms with Gasteiger partial charge in [0.25, 0.3) is 17.7 Å². The first-order chi connectivity index (χ1) is 55.0. The van der Waals surface area contributed by atoms with Gasteiger partial charge >= 0.3 is 47.5 Å². The van der Waals surface area contributed by atoms with Gasteiger partial charge in [0.15, 0.2) is 12.2 Å². The largest absolute Gasteiger partial charge is 1.00 e. The van der Waals surface area contributed by atoms with Crippen LogP contribution < -0.4 is 86.6 Å². The second-order valence-electron chi connectivity index (χ2n) is 26.9. The van der Waals surface area contributed by atoms with Crippen molar-refractivity contribution in [2.75, 3.05) is 73.7 Å². The number of benzene rings is 7. The number of para-hydroxylation sites is 4. The number of carbonyl (C=O) groups is 7. The van der Waals surface area contributed by atoms with Crippen molar-refractivity contribution in [3.05, 3.63) is 228 Å².